The number of pyridine rings is 2. The number of rotatable bonds is 13. The number of aromatic nitrogens is 10. The van der Waals surface area contributed by atoms with E-state index in [0.717, 1.165) is 167 Å². The fraction of sp³-hybridized carbons (Fsp3) is 0. The van der Waals surface area contributed by atoms with Crippen LogP contribution < -0.4 is 0 Å². The van der Waals surface area contributed by atoms with Crippen molar-refractivity contribution in [1.82, 2.24) is 48.2 Å². The van der Waals surface area contributed by atoms with E-state index in [9.17, 15) is 0 Å². The van der Waals surface area contributed by atoms with Crippen LogP contribution >= 0.6 is 0 Å². The molecule has 8 heterocycles. The minimum atomic E-state index is 0.647. The lowest BCUT2D eigenvalue weighted by Crippen LogP contribution is -1.98. The zero-order chi connectivity index (χ0) is 73.7. The summed E-state index contributed by atoms with van der Waals surface area (Å²) in [6.07, 6.45) is 3.77. The van der Waals surface area contributed by atoms with Crippen molar-refractivity contribution in [3.63, 3.8) is 0 Å². The Labute approximate surface area is 644 Å². The second-order valence-electron chi connectivity index (χ2n) is 28.6. The first-order chi connectivity index (χ1) is 55.5. The fourth-order valence-corrected chi connectivity index (χ4v) is 16.9. The van der Waals surface area contributed by atoms with Gasteiger partial charge in [0.05, 0.1) is 55.9 Å². The van der Waals surface area contributed by atoms with Gasteiger partial charge in [-0.3, -0.25) is 9.13 Å². The number of benzene rings is 14. The van der Waals surface area contributed by atoms with E-state index in [1.165, 1.54) is 32.6 Å². The van der Waals surface area contributed by atoms with Crippen molar-refractivity contribution in [3.8, 4) is 124 Å². The lowest BCUT2D eigenvalue weighted by Gasteiger charge is -2.14. The summed E-state index contributed by atoms with van der Waals surface area (Å²) in [4.78, 5) is 31.2. The Morgan fingerprint density at radius 3 is 1.04 bits per heavy atom. The summed E-state index contributed by atoms with van der Waals surface area (Å²) in [5.41, 5.74) is 28.5. The van der Waals surface area contributed by atoms with Crippen LogP contribution in [0.4, 0.5) is 0 Å². The predicted molar refractivity (Wildman–Crippen MR) is 459 cm³/mol. The van der Waals surface area contributed by atoms with Gasteiger partial charge >= 0.3 is 0 Å². The van der Waals surface area contributed by atoms with Gasteiger partial charge in [-0.25, -0.2) is 29.9 Å². The average molecular weight is 1430 g/mol. The molecule has 0 aliphatic rings. The van der Waals surface area contributed by atoms with Crippen LogP contribution in [0, 0.1) is 0 Å². The highest BCUT2D eigenvalue weighted by Crippen LogP contribution is 2.45. The topological polar surface area (TPSA) is 97.1 Å². The van der Waals surface area contributed by atoms with Gasteiger partial charge in [-0.2, -0.15) is 0 Å². The van der Waals surface area contributed by atoms with Crippen molar-refractivity contribution in [3.05, 3.63) is 389 Å². The van der Waals surface area contributed by atoms with Gasteiger partial charge in [-0.15, -0.1) is 0 Å². The van der Waals surface area contributed by atoms with Gasteiger partial charge in [-0.1, -0.05) is 249 Å². The molecule has 0 saturated heterocycles. The van der Waals surface area contributed by atoms with E-state index in [4.69, 9.17) is 29.9 Å². The molecule has 10 nitrogen and oxygen atoms in total. The molecule has 112 heavy (non-hydrogen) atoms. The van der Waals surface area contributed by atoms with Gasteiger partial charge < -0.3 is 9.13 Å². The molecule has 0 aliphatic carbocycles. The summed E-state index contributed by atoms with van der Waals surface area (Å²) >= 11 is 0. The van der Waals surface area contributed by atoms with E-state index < -0.39 is 0 Å². The zero-order valence-corrected chi connectivity index (χ0v) is 60.4. The standard InChI is InChI=1S/C102H64N10/c1-5-23-65(24-6-1)89-63-90(66-25-7-2-8-26-66)106-100(105-89)69-47-53-77(54-48-69)112-96-62-73(50-56-84(96)88-42-22-58-104-102(88)112)80-38-20-40-86-82-36-14-16-44-94(82)110(98(80)86)78-34-18-30-71(60-78)70-29-17-31-74(59-70)92-64-91(107-99(108-92)68-27-9-3-10-28-68)67-45-51-76(52-46-67)111-95-61-72(49-55-83(95)87-41-21-57-103-101(87)111)79-37-19-39-85-81-35-13-15-43-93(81)109(97(79)85)75-32-11-4-12-33-75/h1-64H. The maximum absolute atomic E-state index is 5.37. The Morgan fingerprint density at radius 1 is 0.179 bits per heavy atom. The van der Waals surface area contributed by atoms with E-state index in [0.29, 0.717) is 11.6 Å². The highest BCUT2D eigenvalue weighted by molar-refractivity contribution is 6.17. The summed E-state index contributed by atoms with van der Waals surface area (Å²) < 4.78 is 9.45. The number of hydrogen-bond donors (Lipinski definition) is 0. The summed E-state index contributed by atoms with van der Waals surface area (Å²) in [6, 6.07) is 134. The normalized spacial score (nSPS) is 11.8. The molecular formula is C102H64N10. The lowest BCUT2D eigenvalue weighted by atomic mass is 9.99. The molecular weight excluding hydrogens is 1370 g/mol. The Kier molecular flexibility index (Phi) is 15.0. The van der Waals surface area contributed by atoms with E-state index in [1.807, 2.05) is 79.1 Å². The smallest absolute Gasteiger partial charge is 0.160 e. The molecule has 0 fully saturated rings. The van der Waals surface area contributed by atoms with Crippen LogP contribution in [0.3, 0.4) is 0 Å². The third kappa shape index (κ3) is 10.7. The van der Waals surface area contributed by atoms with Gasteiger partial charge in [0.2, 0.25) is 0 Å². The molecule has 10 heteroatoms. The molecule has 22 aromatic rings. The number of fused-ring (bicyclic) bond motifs is 12. The van der Waals surface area contributed by atoms with Crippen LogP contribution in [0.5, 0.6) is 0 Å². The SMILES string of the molecule is c1ccc(-c2cc(-c3ccccc3)nc(-c3ccc(-n4c5cc(-c6cccc7c8ccccc8n(-c8cccc(-c9cccc(-c%10cc(-c%11ccc(-n%12c%13cc(-c%14cccc%15c%16ccccc%16n(-c%16ccccc%16)c%14%15)ccc%13c%13cccnc%13%12)cc%11)nc(-c%11ccccc%11)n%10)c9)c8)c67)ccc5c5cccnc54)cc3)n2)cc1. The summed E-state index contributed by atoms with van der Waals surface area (Å²) in [7, 11) is 0. The predicted octanol–water partition coefficient (Wildman–Crippen LogP) is 25.4. The van der Waals surface area contributed by atoms with Gasteiger partial charge in [-0.05, 0) is 150 Å². The van der Waals surface area contributed by atoms with Crippen molar-refractivity contribution < 1.29 is 0 Å². The molecule has 14 aromatic carbocycles. The van der Waals surface area contributed by atoms with E-state index >= 15 is 0 Å². The minimum Gasteiger partial charge on any atom is -0.309 e. The largest absolute Gasteiger partial charge is 0.309 e. The Morgan fingerprint density at radius 2 is 0.518 bits per heavy atom. The van der Waals surface area contributed by atoms with E-state index in [1.54, 1.807) is 0 Å². The third-order valence-corrected chi connectivity index (χ3v) is 22.1. The maximum Gasteiger partial charge on any atom is 0.160 e. The number of nitrogens with zero attached hydrogens (tertiary/aromatic N) is 10. The van der Waals surface area contributed by atoms with E-state index in [2.05, 4.69) is 328 Å². The highest BCUT2D eigenvalue weighted by atomic mass is 15.1. The molecule has 0 aliphatic heterocycles. The van der Waals surface area contributed by atoms with Gasteiger partial charge in [0.1, 0.15) is 11.3 Å². The van der Waals surface area contributed by atoms with E-state index in [-0.39, 0.29) is 0 Å². The molecule has 0 spiro atoms. The number of para-hydroxylation sites is 5. The second kappa shape index (κ2) is 26.3. The van der Waals surface area contributed by atoms with Crippen molar-refractivity contribution in [1.29, 1.82) is 0 Å². The molecule has 8 aromatic heterocycles. The van der Waals surface area contributed by atoms with Crippen molar-refractivity contribution in [2.24, 2.45) is 0 Å². The molecule has 0 unspecified atom stereocenters. The van der Waals surface area contributed by atoms with Crippen LogP contribution in [-0.4, -0.2) is 48.2 Å². The van der Waals surface area contributed by atoms with Crippen molar-refractivity contribution >= 4 is 87.5 Å². The quantitative estimate of drug-likeness (QED) is 0.114. The third-order valence-electron chi connectivity index (χ3n) is 22.1. The van der Waals surface area contributed by atoms with Crippen LogP contribution in [0.25, 0.3) is 211 Å². The molecule has 522 valence electrons. The van der Waals surface area contributed by atoms with Gasteiger partial charge in [0, 0.05) is 123 Å². The monoisotopic (exact) mass is 1430 g/mol. The summed E-state index contributed by atoms with van der Waals surface area (Å²) in [5.74, 6) is 1.31. The summed E-state index contributed by atoms with van der Waals surface area (Å²) in [6.45, 7) is 0. The average Bonchev–Trinajstić information content (AvgIpc) is 1.58. The molecule has 0 bridgehead atoms. The molecule has 0 amide bonds. The molecule has 0 N–H and O–H groups in total. The zero-order valence-electron chi connectivity index (χ0n) is 60.4. The fourth-order valence-electron chi connectivity index (χ4n) is 16.9. The summed E-state index contributed by atoms with van der Waals surface area (Å²) in [5, 5.41) is 9.20. The Bertz CT molecular complexity index is 7410. The maximum atomic E-state index is 5.37. The van der Waals surface area contributed by atoms with Crippen molar-refractivity contribution in [2.45, 2.75) is 0 Å². The first-order valence-electron chi connectivity index (χ1n) is 37.8. The molecule has 22 rings (SSSR count). The van der Waals surface area contributed by atoms with Crippen molar-refractivity contribution in [2.75, 3.05) is 0 Å². The second-order valence-corrected chi connectivity index (χ2v) is 28.6. The Hall–Kier alpha value is -15.3. The molecule has 0 saturated carbocycles. The molecule has 0 atom stereocenters. The van der Waals surface area contributed by atoms with Crippen LogP contribution in [-0.2, 0) is 0 Å². The first kappa shape index (κ1) is 64.0. The van der Waals surface area contributed by atoms with Crippen LogP contribution in [0.15, 0.2) is 389 Å². The Balaban J connectivity index is 0.617. The van der Waals surface area contributed by atoms with Gasteiger partial charge in [0.25, 0.3) is 0 Å². The van der Waals surface area contributed by atoms with Crippen LogP contribution in [0.2, 0.25) is 0 Å². The first-order valence-corrected chi connectivity index (χ1v) is 37.8. The lowest BCUT2D eigenvalue weighted by molar-refractivity contribution is 1.13. The highest BCUT2D eigenvalue weighted by Gasteiger charge is 2.24. The number of hydrogen-bond acceptors (Lipinski definition) is 6. The minimum absolute atomic E-state index is 0.647. The van der Waals surface area contributed by atoms with Crippen LogP contribution in [0.1, 0.15) is 0 Å². The molecule has 0 radical (unpaired) electrons. The van der Waals surface area contributed by atoms with Gasteiger partial charge in [0.15, 0.2) is 11.6 Å².